The third-order valence-corrected chi connectivity index (χ3v) is 11.7. The first-order valence-corrected chi connectivity index (χ1v) is 11.7. The van der Waals surface area contributed by atoms with E-state index >= 15 is 0 Å². The fourth-order valence-electron chi connectivity index (χ4n) is 4.04. The number of nitrogens with zero attached hydrogens (tertiary/aromatic N) is 3. The second-order valence-corrected chi connectivity index (χ2v) is 13.7. The Bertz CT molecular complexity index is 817. The topological polar surface area (TPSA) is 87.1 Å². The summed E-state index contributed by atoms with van der Waals surface area (Å²) in [7, 11) is -2.92. The molecule has 0 aliphatic heterocycles. The SMILES string of the molecule is CC(C)[Si](OC(C)(c1nnc(-c2ncccc2N)o1)C(F)(F)F)(C(C)C)C(C)C. The lowest BCUT2D eigenvalue weighted by Gasteiger charge is -2.47. The molecule has 2 N–H and O–H groups in total. The molecule has 1 atom stereocenters. The van der Waals surface area contributed by atoms with Crippen LogP contribution in [0.1, 0.15) is 54.4 Å². The number of aromatic nitrogens is 3. The van der Waals surface area contributed by atoms with E-state index in [1.54, 1.807) is 12.1 Å². The first-order chi connectivity index (χ1) is 13.3. The van der Waals surface area contributed by atoms with Gasteiger partial charge in [-0.25, -0.2) is 4.98 Å². The number of nitrogens with two attached hydrogens (primary N) is 1. The number of nitrogen functional groups attached to an aromatic ring is 1. The number of anilines is 1. The van der Waals surface area contributed by atoms with Crippen LogP contribution in [0.4, 0.5) is 18.9 Å². The lowest BCUT2D eigenvalue weighted by molar-refractivity contribution is -0.260. The van der Waals surface area contributed by atoms with Crippen LogP contribution in [0.2, 0.25) is 16.6 Å². The predicted molar refractivity (Wildman–Crippen MR) is 107 cm³/mol. The molecule has 2 aromatic heterocycles. The highest BCUT2D eigenvalue weighted by Crippen LogP contribution is 2.51. The van der Waals surface area contributed by atoms with Crippen molar-refractivity contribution in [1.29, 1.82) is 0 Å². The number of pyridine rings is 1. The Morgan fingerprint density at radius 3 is 2.03 bits per heavy atom. The molecule has 0 saturated heterocycles. The van der Waals surface area contributed by atoms with Crippen LogP contribution in [0.25, 0.3) is 11.6 Å². The summed E-state index contributed by atoms with van der Waals surface area (Å²) in [4.78, 5) is 4.03. The van der Waals surface area contributed by atoms with Gasteiger partial charge in [0.1, 0.15) is 5.69 Å². The van der Waals surface area contributed by atoms with E-state index < -0.39 is 26.0 Å². The number of rotatable bonds is 7. The Balaban J connectivity index is 2.61. The van der Waals surface area contributed by atoms with Crippen molar-refractivity contribution in [2.75, 3.05) is 5.73 Å². The van der Waals surface area contributed by atoms with Gasteiger partial charge in [0.15, 0.2) is 0 Å². The first-order valence-electron chi connectivity index (χ1n) is 9.59. The predicted octanol–water partition coefficient (Wildman–Crippen LogP) is 5.68. The monoisotopic (exact) mass is 430 g/mol. The van der Waals surface area contributed by atoms with Crippen molar-refractivity contribution in [3.8, 4) is 11.6 Å². The van der Waals surface area contributed by atoms with Crippen LogP contribution < -0.4 is 5.73 Å². The van der Waals surface area contributed by atoms with Crippen molar-refractivity contribution in [2.24, 2.45) is 0 Å². The lowest BCUT2D eigenvalue weighted by atomic mass is 10.1. The van der Waals surface area contributed by atoms with Gasteiger partial charge >= 0.3 is 6.18 Å². The van der Waals surface area contributed by atoms with E-state index in [0.29, 0.717) is 0 Å². The van der Waals surface area contributed by atoms with E-state index in [1.165, 1.54) is 6.20 Å². The van der Waals surface area contributed by atoms with Gasteiger partial charge in [-0.05, 0) is 35.7 Å². The molecule has 1 unspecified atom stereocenters. The Morgan fingerprint density at radius 2 is 1.59 bits per heavy atom. The Labute approximate surface area is 170 Å². The van der Waals surface area contributed by atoms with Crippen molar-refractivity contribution in [3.63, 3.8) is 0 Å². The Hall–Kier alpha value is -1.94. The van der Waals surface area contributed by atoms with Crippen LogP contribution in [0.15, 0.2) is 22.7 Å². The second-order valence-electron chi connectivity index (χ2n) is 8.30. The highest BCUT2D eigenvalue weighted by atomic mass is 28.4. The minimum Gasteiger partial charge on any atom is -0.416 e. The third-order valence-electron chi connectivity index (χ3n) is 5.50. The molecule has 2 aromatic rings. The van der Waals surface area contributed by atoms with Gasteiger partial charge in [0.25, 0.3) is 11.8 Å². The molecule has 162 valence electrons. The molecule has 0 spiro atoms. The molecule has 2 heterocycles. The average molecular weight is 431 g/mol. The number of hydrogen-bond donors (Lipinski definition) is 1. The third kappa shape index (κ3) is 4.05. The summed E-state index contributed by atoms with van der Waals surface area (Å²) < 4.78 is 54.5. The summed E-state index contributed by atoms with van der Waals surface area (Å²) in [5, 5.41) is 7.47. The molecule has 0 aromatic carbocycles. The van der Waals surface area contributed by atoms with Crippen LogP contribution in [-0.4, -0.2) is 29.7 Å². The lowest BCUT2D eigenvalue weighted by Crippen LogP contribution is -2.57. The maximum absolute atomic E-state index is 14.3. The smallest absolute Gasteiger partial charge is 0.416 e. The normalized spacial score (nSPS) is 15.3. The van der Waals surface area contributed by atoms with Gasteiger partial charge in [-0.1, -0.05) is 41.5 Å². The summed E-state index contributed by atoms with van der Waals surface area (Å²) >= 11 is 0. The van der Waals surface area contributed by atoms with E-state index in [0.717, 1.165) is 6.92 Å². The van der Waals surface area contributed by atoms with Crippen molar-refractivity contribution in [1.82, 2.24) is 15.2 Å². The van der Waals surface area contributed by atoms with E-state index in [4.69, 9.17) is 14.6 Å². The molecule has 0 aliphatic carbocycles. The highest BCUT2D eigenvalue weighted by Gasteiger charge is 2.63. The van der Waals surface area contributed by atoms with Gasteiger partial charge in [0.2, 0.25) is 13.9 Å². The average Bonchev–Trinajstić information content (AvgIpc) is 3.08. The van der Waals surface area contributed by atoms with Crippen LogP contribution in [0.5, 0.6) is 0 Å². The van der Waals surface area contributed by atoms with Crippen molar-refractivity contribution in [2.45, 2.75) is 76.9 Å². The first kappa shape index (κ1) is 23.3. The van der Waals surface area contributed by atoms with Crippen LogP contribution in [0, 0.1) is 0 Å². The molecule has 0 amide bonds. The number of halogens is 3. The molecular formula is C19H29F3N4O2Si. The number of hydrogen-bond acceptors (Lipinski definition) is 6. The van der Waals surface area contributed by atoms with E-state index in [-0.39, 0.29) is 33.9 Å². The van der Waals surface area contributed by atoms with Crippen molar-refractivity contribution < 1.29 is 22.0 Å². The molecular weight excluding hydrogens is 401 g/mol. The molecule has 2 rings (SSSR count). The Kier molecular flexibility index (Phi) is 6.48. The van der Waals surface area contributed by atoms with Crippen LogP contribution in [0.3, 0.4) is 0 Å². The standard InChI is InChI=1S/C19H29F3N4O2Si/c1-11(2)29(12(3)4,13(5)6)28-18(7,19(20,21)22)17-26-25-16(27-17)15-14(23)9-8-10-24-15/h8-13H,23H2,1-7H3. The summed E-state index contributed by atoms with van der Waals surface area (Å²) in [6.45, 7) is 12.4. The minimum atomic E-state index is -4.76. The van der Waals surface area contributed by atoms with Gasteiger partial charge < -0.3 is 14.6 Å². The van der Waals surface area contributed by atoms with Gasteiger partial charge in [-0.2, -0.15) is 13.2 Å². The molecule has 0 saturated carbocycles. The van der Waals surface area contributed by atoms with Gasteiger partial charge in [0, 0.05) is 6.20 Å². The Morgan fingerprint density at radius 1 is 1.03 bits per heavy atom. The van der Waals surface area contributed by atoms with Crippen LogP contribution in [-0.2, 0) is 10.0 Å². The maximum atomic E-state index is 14.3. The van der Waals surface area contributed by atoms with Gasteiger partial charge in [0.05, 0.1) is 5.69 Å². The fourth-order valence-corrected chi connectivity index (χ4v) is 9.66. The zero-order valence-corrected chi connectivity index (χ0v) is 18.8. The van der Waals surface area contributed by atoms with Crippen LogP contribution >= 0.6 is 0 Å². The second kappa shape index (κ2) is 8.06. The maximum Gasteiger partial charge on any atom is 0.425 e. The molecule has 0 radical (unpaired) electrons. The zero-order valence-electron chi connectivity index (χ0n) is 17.8. The quantitative estimate of drug-likeness (QED) is 0.568. The van der Waals surface area contributed by atoms with E-state index in [9.17, 15) is 13.2 Å². The van der Waals surface area contributed by atoms with Crippen molar-refractivity contribution >= 4 is 14.0 Å². The molecule has 6 nitrogen and oxygen atoms in total. The van der Waals surface area contributed by atoms with Crippen molar-refractivity contribution in [3.05, 3.63) is 24.2 Å². The summed E-state index contributed by atoms with van der Waals surface area (Å²) in [5.41, 5.74) is 3.29. The van der Waals surface area contributed by atoms with E-state index in [2.05, 4.69) is 15.2 Å². The number of alkyl halides is 3. The zero-order chi connectivity index (χ0) is 22.2. The summed E-state index contributed by atoms with van der Waals surface area (Å²) in [5.74, 6) is -0.827. The highest BCUT2D eigenvalue weighted by molar-refractivity contribution is 6.77. The largest absolute Gasteiger partial charge is 0.425 e. The van der Waals surface area contributed by atoms with Gasteiger partial charge in [-0.15, -0.1) is 10.2 Å². The fraction of sp³-hybridized carbons (Fsp3) is 0.632. The summed E-state index contributed by atoms with van der Waals surface area (Å²) in [6, 6.07) is 3.16. The summed E-state index contributed by atoms with van der Waals surface area (Å²) in [6.07, 6.45) is -3.31. The molecule has 10 heteroatoms. The minimum absolute atomic E-state index is 0.0574. The molecule has 0 aliphatic rings. The molecule has 0 fully saturated rings. The molecule has 29 heavy (non-hydrogen) atoms. The van der Waals surface area contributed by atoms with E-state index in [1.807, 2.05) is 41.5 Å². The van der Waals surface area contributed by atoms with Gasteiger partial charge in [-0.3, -0.25) is 0 Å². The molecule has 0 bridgehead atoms.